The summed E-state index contributed by atoms with van der Waals surface area (Å²) in [5.74, 6) is -0.491. The Bertz CT molecular complexity index is 800. The van der Waals surface area contributed by atoms with Crippen LogP contribution in [0.15, 0.2) is 84.9 Å². The van der Waals surface area contributed by atoms with Gasteiger partial charge in [0, 0.05) is 0 Å². The third-order valence-corrected chi connectivity index (χ3v) is 3.85. The maximum absolute atomic E-state index is 12.0. The zero-order valence-corrected chi connectivity index (χ0v) is 13.3. The Balaban J connectivity index is 1.91. The highest BCUT2D eigenvalue weighted by molar-refractivity contribution is 5.84. The average Bonchev–Trinajstić information content (AvgIpc) is 2.64. The van der Waals surface area contributed by atoms with Crippen LogP contribution >= 0.6 is 0 Å². The molecule has 1 amide bonds. The third-order valence-electron chi connectivity index (χ3n) is 3.85. The lowest BCUT2D eigenvalue weighted by Gasteiger charge is -2.19. The Kier molecular flexibility index (Phi) is 5.04. The van der Waals surface area contributed by atoms with Gasteiger partial charge in [-0.05, 0) is 22.3 Å². The maximum Gasteiger partial charge on any atom is 0.251 e. The van der Waals surface area contributed by atoms with Crippen LogP contribution in [0.1, 0.15) is 17.2 Å². The highest BCUT2D eigenvalue weighted by atomic mass is 16.5. The smallest absolute Gasteiger partial charge is 0.251 e. The molecule has 24 heavy (non-hydrogen) atoms. The van der Waals surface area contributed by atoms with Crippen molar-refractivity contribution in [2.75, 3.05) is 0 Å². The molecule has 0 saturated heterocycles. The molecule has 0 saturated carbocycles. The van der Waals surface area contributed by atoms with Crippen molar-refractivity contribution < 1.29 is 9.53 Å². The minimum Gasteiger partial charge on any atom is -0.367 e. The van der Waals surface area contributed by atoms with Gasteiger partial charge in [-0.2, -0.15) is 0 Å². The van der Waals surface area contributed by atoms with Crippen molar-refractivity contribution in [3.63, 3.8) is 0 Å². The molecule has 0 spiro atoms. The van der Waals surface area contributed by atoms with Crippen molar-refractivity contribution in [1.29, 1.82) is 0 Å². The van der Waals surface area contributed by atoms with Crippen LogP contribution in [0.5, 0.6) is 0 Å². The molecule has 120 valence electrons. The Hall–Kier alpha value is -2.91. The highest BCUT2D eigenvalue weighted by Gasteiger charge is 2.22. The van der Waals surface area contributed by atoms with E-state index < -0.39 is 12.0 Å². The second-order valence-electron chi connectivity index (χ2n) is 5.53. The van der Waals surface area contributed by atoms with Gasteiger partial charge in [-0.3, -0.25) is 4.79 Å². The van der Waals surface area contributed by atoms with Gasteiger partial charge in [0.1, 0.15) is 0 Å². The van der Waals surface area contributed by atoms with Crippen molar-refractivity contribution >= 4 is 5.91 Å². The van der Waals surface area contributed by atoms with E-state index in [1.807, 2.05) is 84.9 Å². The van der Waals surface area contributed by atoms with Crippen LogP contribution in [-0.4, -0.2) is 5.91 Å². The SMILES string of the molecule is NC(=O)C(OCc1ccccc1)c1ccccc1-c1ccccc1. The lowest BCUT2D eigenvalue weighted by atomic mass is 9.96. The van der Waals surface area contributed by atoms with Gasteiger partial charge >= 0.3 is 0 Å². The Labute approximate surface area is 141 Å². The fraction of sp³-hybridized carbons (Fsp3) is 0.0952. The summed E-state index contributed by atoms with van der Waals surface area (Å²) in [5.41, 5.74) is 9.39. The van der Waals surface area contributed by atoms with Gasteiger partial charge in [0.25, 0.3) is 5.91 Å². The van der Waals surface area contributed by atoms with Crippen molar-refractivity contribution in [2.24, 2.45) is 5.73 Å². The lowest BCUT2D eigenvalue weighted by Crippen LogP contribution is -2.24. The minimum atomic E-state index is -0.790. The summed E-state index contributed by atoms with van der Waals surface area (Å²) in [5, 5.41) is 0. The van der Waals surface area contributed by atoms with E-state index in [4.69, 9.17) is 10.5 Å². The number of amides is 1. The first-order chi connectivity index (χ1) is 11.8. The maximum atomic E-state index is 12.0. The number of nitrogens with two attached hydrogens (primary N) is 1. The van der Waals surface area contributed by atoms with Gasteiger partial charge < -0.3 is 10.5 Å². The lowest BCUT2D eigenvalue weighted by molar-refractivity contribution is -0.130. The van der Waals surface area contributed by atoms with Gasteiger partial charge in [0.05, 0.1) is 6.61 Å². The summed E-state index contributed by atoms with van der Waals surface area (Å²) in [6, 6.07) is 27.4. The molecule has 0 heterocycles. The largest absolute Gasteiger partial charge is 0.367 e. The first-order valence-corrected chi connectivity index (χ1v) is 7.85. The molecule has 0 aliphatic rings. The summed E-state index contributed by atoms with van der Waals surface area (Å²) in [6.45, 7) is 0.331. The number of carbonyl (C=O) groups excluding carboxylic acids is 1. The summed E-state index contributed by atoms with van der Waals surface area (Å²) in [6.07, 6.45) is -0.790. The molecule has 0 fully saturated rings. The van der Waals surface area contributed by atoms with Crippen LogP contribution < -0.4 is 5.73 Å². The summed E-state index contributed by atoms with van der Waals surface area (Å²) < 4.78 is 5.86. The summed E-state index contributed by atoms with van der Waals surface area (Å²) in [4.78, 5) is 12.0. The molecule has 0 aliphatic heterocycles. The standard InChI is InChI=1S/C21H19NO2/c22-21(23)20(24-15-16-9-3-1-4-10-16)19-14-8-7-13-18(19)17-11-5-2-6-12-17/h1-14,20H,15H2,(H2,22,23). The normalized spacial score (nSPS) is 11.8. The summed E-state index contributed by atoms with van der Waals surface area (Å²) >= 11 is 0. The predicted octanol–water partition coefficient (Wildman–Crippen LogP) is 4.10. The van der Waals surface area contributed by atoms with Gasteiger partial charge in [-0.25, -0.2) is 0 Å². The fourth-order valence-electron chi connectivity index (χ4n) is 2.69. The molecule has 3 nitrogen and oxygen atoms in total. The van der Waals surface area contributed by atoms with Gasteiger partial charge in [0.15, 0.2) is 6.10 Å². The van der Waals surface area contributed by atoms with Crippen LogP contribution in [0.4, 0.5) is 0 Å². The first-order valence-electron chi connectivity index (χ1n) is 7.85. The predicted molar refractivity (Wildman–Crippen MR) is 95.0 cm³/mol. The van der Waals surface area contributed by atoms with E-state index in [9.17, 15) is 4.79 Å². The number of benzene rings is 3. The molecular weight excluding hydrogens is 298 g/mol. The number of hydrogen-bond donors (Lipinski definition) is 1. The molecule has 0 aliphatic carbocycles. The van der Waals surface area contributed by atoms with Crippen molar-refractivity contribution in [3.05, 3.63) is 96.1 Å². The first kappa shape index (κ1) is 16.0. The molecule has 2 N–H and O–H groups in total. The Morgan fingerprint density at radius 2 is 1.42 bits per heavy atom. The molecule has 1 atom stereocenters. The van der Waals surface area contributed by atoms with Crippen LogP contribution in [0.2, 0.25) is 0 Å². The Morgan fingerprint density at radius 3 is 2.08 bits per heavy atom. The zero-order chi connectivity index (χ0) is 16.8. The minimum absolute atomic E-state index is 0.331. The molecule has 3 rings (SSSR count). The van der Waals surface area contributed by atoms with E-state index in [1.54, 1.807) is 0 Å². The number of hydrogen-bond acceptors (Lipinski definition) is 2. The van der Waals surface area contributed by atoms with Crippen molar-refractivity contribution in [1.82, 2.24) is 0 Å². The number of rotatable bonds is 6. The van der Waals surface area contributed by atoms with Crippen molar-refractivity contribution in [3.8, 4) is 11.1 Å². The third kappa shape index (κ3) is 3.70. The van der Waals surface area contributed by atoms with Crippen LogP contribution in [-0.2, 0) is 16.1 Å². The topological polar surface area (TPSA) is 52.3 Å². The Morgan fingerprint density at radius 1 is 0.833 bits per heavy atom. The molecular formula is C21H19NO2. The van der Waals surface area contributed by atoms with E-state index in [0.29, 0.717) is 6.61 Å². The molecule has 3 aromatic rings. The van der Waals surface area contributed by atoms with E-state index in [2.05, 4.69) is 0 Å². The second-order valence-corrected chi connectivity index (χ2v) is 5.53. The number of ether oxygens (including phenoxy) is 1. The van der Waals surface area contributed by atoms with E-state index in [1.165, 1.54) is 0 Å². The number of carbonyl (C=O) groups is 1. The molecule has 3 aromatic carbocycles. The van der Waals surface area contributed by atoms with Crippen molar-refractivity contribution in [2.45, 2.75) is 12.7 Å². The van der Waals surface area contributed by atoms with Gasteiger partial charge in [0.2, 0.25) is 0 Å². The molecule has 0 bridgehead atoms. The average molecular weight is 317 g/mol. The fourth-order valence-corrected chi connectivity index (χ4v) is 2.69. The monoisotopic (exact) mass is 317 g/mol. The molecule has 3 heteroatoms. The van der Waals surface area contributed by atoms with Crippen LogP contribution in [0.3, 0.4) is 0 Å². The molecule has 0 radical (unpaired) electrons. The molecule has 1 unspecified atom stereocenters. The van der Waals surface area contributed by atoms with Crippen LogP contribution in [0, 0.1) is 0 Å². The zero-order valence-electron chi connectivity index (χ0n) is 13.3. The highest BCUT2D eigenvalue weighted by Crippen LogP contribution is 2.30. The van der Waals surface area contributed by atoms with E-state index in [0.717, 1.165) is 22.3 Å². The molecule has 0 aromatic heterocycles. The summed E-state index contributed by atoms with van der Waals surface area (Å²) in [7, 11) is 0. The van der Waals surface area contributed by atoms with Gasteiger partial charge in [-0.15, -0.1) is 0 Å². The van der Waals surface area contributed by atoms with E-state index >= 15 is 0 Å². The van der Waals surface area contributed by atoms with Crippen LogP contribution in [0.25, 0.3) is 11.1 Å². The quantitative estimate of drug-likeness (QED) is 0.744. The second kappa shape index (κ2) is 7.57. The van der Waals surface area contributed by atoms with Gasteiger partial charge in [-0.1, -0.05) is 84.9 Å². The number of primary amides is 1. The van der Waals surface area contributed by atoms with E-state index in [-0.39, 0.29) is 0 Å².